The van der Waals surface area contributed by atoms with Gasteiger partial charge >= 0.3 is 0 Å². The number of rotatable bonds is 40. The molecule has 0 nitrogen and oxygen atoms in total. The third kappa shape index (κ3) is 26.4. The van der Waals surface area contributed by atoms with Crippen LogP contribution in [-0.4, -0.2) is 5.67 Å². The van der Waals surface area contributed by atoms with E-state index in [-0.39, 0.29) is 5.41 Å². The summed E-state index contributed by atoms with van der Waals surface area (Å²) in [6.07, 6.45) is 50.4. The lowest BCUT2D eigenvalue weighted by Crippen LogP contribution is -2.45. The molecular formula is C46H93F. The van der Waals surface area contributed by atoms with Gasteiger partial charge in [-0.2, -0.15) is 0 Å². The lowest BCUT2D eigenvalue weighted by Gasteiger charge is -2.47. The van der Waals surface area contributed by atoms with Crippen LogP contribution in [0.2, 0.25) is 0 Å². The minimum Gasteiger partial charge on any atom is -0.243 e. The standard InChI is InChI=1S/C46H93F/c1-6-11-16-20-24-28-32-36-40-45(41-37-33-29-25-21-17-12-7-2,42-38-34-30-26-22-18-13-8-3)46(47,43-15-10-5)44-39-35-31-27-23-19-14-9-4/h6-44H2,1-5H3. The van der Waals surface area contributed by atoms with Crippen LogP contribution < -0.4 is 0 Å². The van der Waals surface area contributed by atoms with Crippen molar-refractivity contribution in [2.24, 2.45) is 5.41 Å². The lowest BCUT2D eigenvalue weighted by molar-refractivity contribution is -0.0523. The molecule has 0 aliphatic carbocycles. The van der Waals surface area contributed by atoms with Gasteiger partial charge in [0.05, 0.1) is 0 Å². The van der Waals surface area contributed by atoms with Crippen molar-refractivity contribution in [3.05, 3.63) is 0 Å². The fourth-order valence-corrected chi connectivity index (χ4v) is 8.49. The van der Waals surface area contributed by atoms with E-state index in [2.05, 4.69) is 34.6 Å². The highest BCUT2D eigenvalue weighted by molar-refractivity contribution is 4.99. The first-order valence-electron chi connectivity index (χ1n) is 22.7. The summed E-state index contributed by atoms with van der Waals surface area (Å²) in [6, 6.07) is 0. The van der Waals surface area contributed by atoms with Gasteiger partial charge in [0.25, 0.3) is 0 Å². The first-order valence-corrected chi connectivity index (χ1v) is 22.7. The number of halogens is 1. The molecular weight excluding hydrogens is 572 g/mol. The van der Waals surface area contributed by atoms with E-state index >= 15 is 4.39 Å². The van der Waals surface area contributed by atoms with Crippen LogP contribution in [0, 0.1) is 5.41 Å². The topological polar surface area (TPSA) is 0 Å². The van der Waals surface area contributed by atoms with Crippen LogP contribution in [0.4, 0.5) is 4.39 Å². The molecule has 0 saturated carbocycles. The molecule has 0 bridgehead atoms. The SMILES string of the molecule is CCCCCCCCCCC(F)(CCCC)C(CCCCCCCCCC)(CCCCCCCCCC)CCCCCCCCCC. The lowest BCUT2D eigenvalue weighted by atomic mass is 9.60. The fraction of sp³-hybridized carbons (Fsp3) is 1.00. The molecule has 1 atom stereocenters. The van der Waals surface area contributed by atoms with Gasteiger partial charge in [0, 0.05) is 5.41 Å². The molecule has 0 N–H and O–H groups in total. The summed E-state index contributed by atoms with van der Waals surface area (Å²) in [5, 5.41) is 0. The van der Waals surface area contributed by atoms with Crippen molar-refractivity contribution in [1.82, 2.24) is 0 Å². The van der Waals surface area contributed by atoms with Gasteiger partial charge in [-0.3, -0.25) is 0 Å². The minimum absolute atomic E-state index is 0.0874. The largest absolute Gasteiger partial charge is 0.243 e. The molecule has 284 valence electrons. The molecule has 0 fully saturated rings. The molecule has 0 aromatic rings. The van der Waals surface area contributed by atoms with Crippen LogP contribution >= 0.6 is 0 Å². The summed E-state index contributed by atoms with van der Waals surface area (Å²) in [7, 11) is 0. The molecule has 1 heteroatoms. The van der Waals surface area contributed by atoms with Crippen LogP contribution in [0.5, 0.6) is 0 Å². The monoisotopic (exact) mass is 665 g/mol. The first-order chi connectivity index (χ1) is 23.1. The molecule has 1 unspecified atom stereocenters. The van der Waals surface area contributed by atoms with Crippen molar-refractivity contribution >= 4 is 0 Å². The van der Waals surface area contributed by atoms with Gasteiger partial charge in [-0.15, -0.1) is 0 Å². The second-order valence-corrected chi connectivity index (χ2v) is 16.2. The second kappa shape index (κ2) is 35.7. The zero-order valence-corrected chi connectivity index (χ0v) is 34.0. The van der Waals surface area contributed by atoms with Crippen molar-refractivity contribution in [3.8, 4) is 0 Å². The van der Waals surface area contributed by atoms with Gasteiger partial charge in [0.1, 0.15) is 5.67 Å². The molecule has 0 radical (unpaired) electrons. The minimum atomic E-state index is -0.964. The van der Waals surface area contributed by atoms with Crippen LogP contribution in [0.25, 0.3) is 0 Å². The van der Waals surface area contributed by atoms with Crippen LogP contribution in [-0.2, 0) is 0 Å². The number of unbranched alkanes of at least 4 members (excludes halogenated alkanes) is 29. The zero-order chi connectivity index (χ0) is 34.6. The average molecular weight is 665 g/mol. The molecule has 0 amide bonds. The van der Waals surface area contributed by atoms with E-state index in [1.807, 2.05) is 0 Å². The summed E-state index contributed by atoms with van der Waals surface area (Å²) in [4.78, 5) is 0. The molecule has 0 saturated heterocycles. The Morgan fingerprint density at radius 3 is 0.681 bits per heavy atom. The van der Waals surface area contributed by atoms with Crippen molar-refractivity contribution in [3.63, 3.8) is 0 Å². The van der Waals surface area contributed by atoms with Gasteiger partial charge < -0.3 is 0 Å². The van der Waals surface area contributed by atoms with Gasteiger partial charge in [-0.25, -0.2) is 4.39 Å². The molecule has 0 aromatic heterocycles. The molecule has 0 aliphatic heterocycles. The quantitative estimate of drug-likeness (QED) is 0.0572. The Hall–Kier alpha value is -0.0700. The number of hydrogen-bond donors (Lipinski definition) is 0. The fourth-order valence-electron chi connectivity index (χ4n) is 8.49. The molecule has 0 aliphatic rings. The summed E-state index contributed by atoms with van der Waals surface area (Å²) < 4.78 is 18.1. The smallest absolute Gasteiger partial charge is 0.116 e. The van der Waals surface area contributed by atoms with Crippen molar-refractivity contribution < 1.29 is 4.39 Å². The van der Waals surface area contributed by atoms with E-state index in [0.717, 1.165) is 51.4 Å². The normalized spacial score (nSPS) is 13.4. The van der Waals surface area contributed by atoms with E-state index < -0.39 is 5.67 Å². The van der Waals surface area contributed by atoms with Gasteiger partial charge in [-0.1, -0.05) is 253 Å². The highest BCUT2D eigenvalue weighted by Gasteiger charge is 2.49. The van der Waals surface area contributed by atoms with Crippen LogP contribution in [0.15, 0.2) is 0 Å². The summed E-state index contributed by atoms with van der Waals surface area (Å²) in [6.45, 7) is 11.5. The van der Waals surface area contributed by atoms with E-state index in [1.54, 1.807) is 0 Å². The maximum Gasteiger partial charge on any atom is 0.116 e. The Morgan fingerprint density at radius 2 is 0.426 bits per heavy atom. The maximum absolute atomic E-state index is 18.1. The highest BCUT2D eigenvalue weighted by Crippen LogP contribution is 2.53. The van der Waals surface area contributed by atoms with Gasteiger partial charge in [-0.05, 0) is 32.1 Å². The average Bonchev–Trinajstić information content (AvgIpc) is 3.08. The van der Waals surface area contributed by atoms with Crippen molar-refractivity contribution in [1.29, 1.82) is 0 Å². The predicted octanol–water partition coefficient (Wildman–Crippen LogP) is 18.0. The van der Waals surface area contributed by atoms with Gasteiger partial charge in [0.15, 0.2) is 0 Å². The maximum atomic E-state index is 18.1. The van der Waals surface area contributed by atoms with E-state index in [0.29, 0.717) is 0 Å². The third-order valence-electron chi connectivity index (χ3n) is 11.8. The summed E-state index contributed by atoms with van der Waals surface area (Å²) in [5.74, 6) is 0. The number of hydrogen-bond acceptors (Lipinski definition) is 0. The van der Waals surface area contributed by atoms with Crippen molar-refractivity contribution in [2.45, 2.75) is 291 Å². The summed E-state index contributed by atoms with van der Waals surface area (Å²) in [5.41, 5.74) is -1.05. The molecule has 47 heavy (non-hydrogen) atoms. The predicted molar refractivity (Wildman–Crippen MR) is 215 cm³/mol. The second-order valence-electron chi connectivity index (χ2n) is 16.2. The van der Waals surface area contributed by atoms with E-state index in [1.165, 1.54) is 199 Å². The molecule has 0 rings (SSSR count). The van der Waals surface area contributed by atoms with E-state index in [9.17, 15) is 0 Å². The summed E-state index contributed by atoms with van der Waals surface area (Å²) >= 11 is 0. The Bertz CT molecular complexity index is 533. The van der Waals surface area contributed by atoms with Crippen molar-refractivity contribution in [2.75, 3.05) is 0 Å². The van der Waals surface area contributed by atoms with Crippen LogP contribution in [0.3, 0.4) is 0 Å². The van der Waals surface area contributed by atoms with E-state index in [4.69, 9.17) is 0 Å². The zero-order valence-electron chi connectivity index (χ0n) is 34.0. The first kappa shape index (κ1) is 46.9. The molecule has 0 aromatic carbocycles. The Labute approximate surface area is 299 Å². The third-order valence-corrected chi connectivity index (χ3v) is 11.8. The Balaban J connectivity index is 5.64. The van der Waals surface area contributed by atoms with Gasteiger partial charge in [0.2, 0.25) is 0 Å². The van der Waals surface area contributed by atoms with Crippen LogP contribution in [0.1, 0.15) is 285 Å². The Kier molecular flexibility index (Phi) is 35.7. The molecule has 0 spiro atoms. The highest BCUT2D eigenvalue weighted by atomic mass is 19.1. The number of alkyl halides is 1. The Morgan fingerprint density at radius 1 is 0.234 bits per heavy atom. The molecule has 0 heterocycles.